The summed E-state index contributed by atoms with van der Waals surface area (Å²) in [6, 6.07) is 6.36. The van der Waals surface area contributed by atoms with Crippen molar-refractivity contribution < 1.29 is 9.47 Å². The van der Waals surface area contributed by atoms with Gasteiger partial charge in [-0.05, 0) is 49.3 Å². The van der Waals surface area contributed by atoms with Crippen molar-refractivity contribution in [1.29, 1.82) is 0 Å². The molecule has 0 aromatic heterocycles. The van der Waals surface area contributed by atoms with Gasteiger partial charge in [0.1, 0.15) is 11.5 Å². The van der Waals surface area contributed by atoms with Crippen LogP contribution in [0.25, 0.3) is 0 Å². The molecule has 0 spiro atoms. The molecule has 0 radical (unpaired) electrons. The average molecular weight is 232 g/mol. The van der Waals surface area contributed by atoms with Crippen molar-refractivity contribution in [2.24, 2.45) is 0 Å². The predicted molar refractivity (Wildman–Crippen MR) is 67.8 cm³/mol. The monoisotopic (exact) mass is 232 g/mol. The lowest BCUT2D eigenvalue weighted by Gasteiger charge is -2.13. The van der Waals surface area contributed by atoms with Crippen LogP contribution >= 0.6 is 0 Å². The normalized spacial score (nSPS) is 19.5. The lowest BCUT2D eigenvalue weighted by Crippen LogP contribution is -2.01. The largest absolute Gasteiger partial charge is 0.490 e. The van der Waals surface area contributed by atoms with Crippen LogP contribution in [0.4, 0.5) is 0 Å². The fourth-order valence-corrected chi connectivity index (χ4v) is 1.82. The van der Waals surface area contributed by atoms with Crippen molar-refractivity contribution in [1.82, 2.24) is 0 Å². The fourth-order valence-electron chi connectivity index (χ4n) is 1.82. The van der Waals surface area contributed by atoms with E-state index in [2.05, 4.69) is 26.0 Å². The zero-order valence-corrected chi connectivity index (χ0v) is 10.6. The summed E-state index contributed by atoms with van der Waals surface area (Å²) < 4.78 is 11.8. The van der Waals surface area contributed by atoms with Gasteiger partial charge < -0.3 is 9.47 Å². The van der Waals surface area contributed by atoms with Crippen LogP contribution in [-0.4, -0.2) is 12.2 Å². The minimum Gasteiger partial charge on any atom is -0.490 e. The van der Waals surface area contributed by atoms with Crippen molar-refractivity contribution >= 4 is 0 Å². The topological polar surface area (TPSA) is 18.5 Å². The second-order valence-electron chi connectivity index (χ2n) is 5.53. The first kappa shape index (κ1) is 10.9. The van der Waals surface area contributed by atoms with Crippen molar-refractivity contribution in [2.45, 2.75) is 57.7 Å². The number of hydrogen-bond donors (Lipinski definition) is 0. The van der Waals surface area contributed by atoms with E-state index in [4.69, 9.17) is 9.47 Å². The summed E-state index contributed by atoms with van der Waals surface area (Å²) in [5.74, 6) is 2.48. The summed E-state index contributed by atoms with van der Waals surface area (Å²) in [7, 11) is 0. The summed E-state index contributed by atoms with van der Waals surface area (Å²) >= 11 is 0. The van der Waals surface area contributed by atoms with Gasteiger partial charge >= 0.3 is 0 Å². The molecule has 0 unspecified atom stereocenters. The Bertz CT molecular complexity index is 371. The van der Waals surface area contributed by atoms with Gasteiger partial charge in [-0.25, -0.2) is 0 Å². The summed E-state index contributed by atoms with van der Waals surface area (Å²) in [4.78, 5) is 0. The Hall–Kier alpha value is -1.18. The number of rotatable bonds is 5. The van der Waals surface area contributed by atoms with Crippen LogP contribution in [0, 0.1) is 0 Å². The lowest BCUT2D eigenvalue weighted by molar-refractivity contribution is 0.286. The van der Waals surface area contributed by atoms with Crippen LogP contribution in [0.1, 0.15) is 51.0 Å². The van der Waals surface area contributed by atoms with Crippen LogP contribution in [0.15, 0.2) is 18.2 Å². The smallest absolute Gasteiger partial charge is 0.123 e. The first-order valence-corrected chi connectivity index (χ1v) is 6.69. The van der Waals surface area contributed by atoms with Gasteiger partial charge in [-0.1, -0.05) is 13.8 Å². The van der Waals surface area contributed by atoms with E-state index in [-0.39, 0.29) is 0 Å². The molecule has 2 heteroatoms. The first-order chi connectivity index (χ1) is 8.20. The van der Waals surface area contributed by atoms with E-state index in [9.17, 15) is 0 Å². The van der Waals surface area contributed by atoms with E-state index in [1.54, 1.807) is 0 Å². The summed E-state index contributed by atoms with van der Waals surface area (Å²) in [5.41, 5.74) is 1.30. The minimum absolute atomic E-state index is 0.450. The van der Waals surface area contributed by atoms with Gasteiger partial charge in [0.05, 0.1) is 12.2 Å². The molecule has 0 bridgehead atoms. The molecule has 1 aromatic rings. The highest BCUT2D eigenvalue weighted by molar-refractivity contribution is 5.40. The Balaban J connectivity index is 1.81. The van der Waals surface area contributed by atoms with Gasteiger partial charge in [-0.15, -0.1) is 0 Å². The van der Waals surface area contributed by atoms with Gasteiger partial charge in [-0.2, -0.15) is 0 Å². The van der Waals surface area contributed by atoms with Crippen LogP contribution in [0.2, 0.25) is 0 Å². The first-order valence-electron chi connectivity index (χ1n) is 6.69. The van der Waals surface area contributed by atoms with Crippen molar-refractivity contribution in [3.05, 3.63) is 23.8 Å². The maximum absolute atomic E-state index is 5.88. The molecule has 2 nitrogen and oxygen atoms in total. The Morgan fingerprint density at radius 2 is 1.35 bits per heavy atom. The standard InChI is InChI=1S/C15H20O2/c1-10(2)11-7-14(16-12-3-4-12)9-15(8-11)17-13-5-6-13/h7-10,12-13H,3-6H2,1-2H3. The SMILES string of the molecule is CC(C)c1cc(OC2CC2)cc(OC2CC2)c1. The van der Waals surface area contributed by atoms with Crippen molar-refractivity contribution in [3.63, 3.8) is 0 Å². The maximum Gasteiger partial charge on any atom is 0.123 e. The molecule has 1 aromatic carbocycles. The van der Waals surface area contributed by atoms with E-state index in [0.29, 0.717) is 18.1 Å². The Morgan fingerprint density at radius 1 is 0.882 bits per heavy atom. The van der Waals surface area contributed by atoms with Gasteiger partial charge in [0.2, 0.25) is 0 Å². The van der Waals surface area contributed by atoms with Gasteiger partial charge in [0, 0.05) is 6.07 Å². The van der Waals surface area contributed by atoms with E-state index >= 15 is 0 Å². The highest BCUT2D eigenvalue weighted by atomic mass is 16.5. The summed E-state index contributed by atoms with van der Waals surface area (Å²) in [5, 5.41) is 0. The third-order valence-electron chi connectivity index (χ3n) is 3.22. The molecule has 0 saturated heterocycles. The molecule has 2 aliphatic rings. The van der Waals surface area contributed by atoms with Crippen LogP contribution in [-0.2, 0) is 0 Å². The van der Waals surface area contributed by atoms with Gasteiger partial charge in [0.25, 0.3) is 0 Å². The van der Waals surface area contributed by atoms with Crippen LogP contribution in [0.5, 0.6) is 11.5 Å². The quantitative estimate of drug-likeness (QED) is 0.766. The third-order valence-corrected chi connectivity index (χ3v) is 3.22. The number of ether oxygens (including phenoxy) is 2. The minimum atomic E-state index is 0.450. The molecule has 0 atom stereocenters. The Labute approximate surface area is 103 Å². The van der Waals surface area contributed by atoms with Crippen molar-refractivity contribution in [3.8, 4) is 11.5 Å². The van der Waals surface area contributed by atoms with E-state index in [1.807, 2.05) is 6.07 Å². The molecule has 92 valence electrons. The molecule has 3 rings (SSSR count). The second-order valence-corrected chi connectivity index (χ2v) is 5.53. The molecule has 0 N–H and O–H groups in total. The molecular formula is C15H20O2. The molecule has 0 aliphatic heterocycles. The van der Waals surface area contributed by atoms with E-state index in [0.717, 1.165) is 11.5 Å². The van der Waals surface area contributed by atoms with Gasteiger partial charge in [-0.3, -0.25) is 0 Å². The zero-order chi connectivity index (χ0) is 11.8. The molecule has 0 heterocycles. The van der Waals surface area contributed by atoms with E-state index < -0.39 is 0 Å². The third kappa shape index (κ3) is 2.93. The molecule has 2 aliphatic carbocycles. The van der Waals surface area contributed by atoms with Gasteiger partial charge in [0.15, 0.2) is 0 Å². The highest BCUT2D eigenvalue weighted by Gasteiger charge is 2.26. The lowest BCUT2D eigenvalue weighted by atomic mass is 10.0. The van der Waals surface area contributed by atoms with E-state index in [1.165, 1.54) is 31.2 Å². The molecule has 2 saturated carbocycles. The molecule has 0 amide bonds. The van der Waals surface area contributed by atoms with Crippen molar-refractivity contribution in [2.75, 3.05) is 0 Å². The molecule has 17 heavy (non-hydrogen) atoms. The number of hydrogen-bond acceptors (Lipinski definition) is 2. The fraction of sp³-hybridized carbons (Fsp3) is 0.600. The Kier molecular flexibility index (Phi) is 2.73. The highest BCUT2D eigenvalue weighted by Crippen LogP contribution is 2.34. The average Bonchev–Trinajstić information content (AvgIpc) is 3.13. The zero-order valence-electron chi connectivity index (χ0n) is 10.6. The number of benzene rings is 1. The molecule has 2 fully saturated rings. The second kappa shape index (κ2) is 4.25. The Morgan fingerprint density at radius 3 is 1.71 bits per heavy atom. The predicted octanol–water partition coefficient (Wildman–Crippen LogP) is 3.89. The summed E-state index contributed by atoms with van der Waals surface area (Å²) in [6.45, 7) is 4.41. The molecular weight excluding hydrogens is 212 g/mol. The summed E-state index contributed by atoms with van der Waals surface area (Å²) in [6.07, 6.45) is 5.70. The van der Waals surface area contributed by atoms with Crippen LogP contribution in [0.3, 0.4) is 0 Å². The maximum atomic E-state index is 5.88. The van der Waals surface area contributed by atoms with Crippen LogP contribution < -0.4 is 9.47 Å².